The molecule has 2 atom stereocenters. The highest BCUT2D eigenvalue weighted by Crippen LogP contribution is 2.35. The van der Waals surface area contributed by atoms with Gasteiger partial charge in [-0.15, -0.1) is 0 Å². The molecule has 3 rings (SSSR count). The van der Waals surface area contributed by atoms with Crippen molar-refractivity contribution in [2.24, 2.45) is 5.92 Å². The topological polar surface area (TPSA) is 20.3 Å². The second kappa shape index (κ2) is 5.81. The van der Waals surface area contributed by atoms with E-state index in [9.17, 15) is 4.79 Å². The number of halogens is 1. The van der Waals surface area contributed by atoms with Crippen LogP contribution in [-0.2, 0) is 0 Å². The van der Waals surface area contributed by atoms with Gasteiger partial charge in [-0.3, -0.25) is 4.79 Å². The molecule has 1 saturated heterocycles. The van der Waals surface area contributed by atoms with Crippen molar-refractivity contribution in [1.29, 1.82) is 0 Å². The van der Waals surface area contributed by atoms with Crippen LogP contribution in [0, 0.1) is 9.49 Å². The Balaban J connectivity index is 1.79. The third-order valence-electron chi connectivity index (χ3n) is 4.60. The molecule has 1 heterocycles. The monoisotopic (exact) mass is 369 g/mol. The lowest BCUT2D eigenvalue weighted by atomic mass is 9.78. The summed E-state index contributed by atoms with van der Waals surface area (Å²) in [7, 11) is 0. The molecule has 2 nitrogen and oxygen atoms in total. The summed E-state index contributed by atoms with van der Waals surface area (Å²) >= 11 is 2.28. The smallest absolute Gasteiger partial charge is 0.254 e. The van der Waals surface area contributed by atoms with Gasteiger partial charge in [0, 0.05) is 21.7 Å². The highest BCUT2D eigenvalue weighted by Gasteiger charge is 2.35. The van der Waals surface area contributed by atoms with Gasteiger partial charge in [-0.25, -0.2) is 0 Å². The number of piperidine rings is 1. The van der Waals surface area contributed by atoms with Crippen molar-refractivity contribution < 1.29 is 4.79 Å². The van der Waals surface area contributed by atoms with Crippen molar-refractivity contribution in [2.45, 2.75) is 44.6 Å². The zero-order valence-electron chi connectivity index (χ0n) is 11.1. The summed E-state index contributed by atoms with van der Waals surface area (Å²) < 4.78 is 1.18. The Bertz CT molecular complexity index is 454. The average molecular weight is 369 g/mol. The largest absolute Gasteiger partial charge is 0.335 e. The van der Waals surface area contributed by atoms with Gasteiger partial charge in [0.25, 0.3) is 5.91 Å². The van der Waals surface area contributed by atoms with Gasteiger partial charge in [-0.05, 0) is 78.5 Å². The molecule has 0 aromatic heterocycles. The Morgan fingerprint density at radius 2 is 1.74 bits per heavy atom. The van der Waals surface area contributed by atoms with Crippen molar-refractivity contribution in [3.05, 3.63) is 33.4 Å². The van der Waals surface area contributed by atoms with Crippen molar-refractivity contribution in [2.75, 3.05) is 6.54 Å². The molecule has 2 aliphatic rings. The van der Waals surface area contributed by atoms with Gasteiger partial charge in [0.15, 0.2) is 0 Å². The third-order valence-corrected chi connectivity index (χ3v) is 5.31. The van der Waals surface area contributed by atoms with E-state index in [4.69, 9.17) is 0 Å². The van der Waals surface area contributed by atoms with Crippen LogP contribution in [0.1, 0.15) is 48.9 Å². The number of rotatable bonds is 1. The molecule has 1 aromatic carbocycles. The number of carbonyl (C=O) groups excluding carboxylic acids is 1. The van der Waals surface area contributed by atoms with Crippen LogP contribution >= 0.6 is 22.6 Å². The molecule has 1 aromatic rings. The van der Waals surface area contributed by atoms with Gasteiger partial charge >= 0.3 is 0 Å². The SMILES string of the molecule is O=C(c1ccc(I)cc1)N1CCC[C@H]2CCCC[C@H]21. The molecule has 1 amide bonds. The quantitative estimate of drug-likeness (QED) is 0.683. The van der Waals surface area contributed by atoms with Crippen LogP contribution in [0.4, 0.5) is 0 Å². The van der Waals surface area contributed by atoms with Gasteiger partial charge in [-0.1, -0.05) is 12.8 Å². The van der Waals surface area contributed by atoms with E-state index in [0.717, 1.165) is 18.0 Å². The summed E-state index contributed by atoms with van der Waals surface area (Å²) in [5.41, 5.74) is 0.853. The maximum atomic E-state index is 12.7. The maximum absolute atomic E-state index is 12.7. The van der Waals surface area contributed by atoms with E-state index < -0.39 is 0 Å². The third kappa shape index (κ3) is 2.81. The zero-order valence-corrected chi connectivity index (χ0v) is 13.3. The predicted octanol–water partition coefficient (Wildman–Crippen LogP) is 4.09. The van der Waals surface area contributed by atoms with Crippen molar-refractivity contribution >= 4 is 28.5 Å². The second-order valence-electron chi connectivity index (χ2n) is 5.76. The van der Waals surface area contributed by atoms with Gasteiger partial charge in [0.1, 0.15) is 0 Å². The van der Waals surface area contributed by atoms with E-state index in [1.54, 1.807) is 0 Å². The molecule has 19 heavy (non-hydrogen) atoms. The molecule has 3 heteroatoms. The summed E-state index contributed by atoms with van der Waals surface area (Å²) in [4.78, 5) is 14.9. The number of benzene rings is 1. The predicted molar refractivity (Wildman–Crippen MR) is 85.2 cm³/mol. The number of likely N-dealkylation sites (tertiary alicyclic amines) is 1. The molecule has 1 saturated carbocycles. The van der Waals surface area contributed by atoms with Crippen LogP contribution in [0.15, 0.2) is 24.3 Å². The Morgan fingerprint density at radius 3 is 2.53 bits per heavy atom. The van der Waals surface area contributed by atoms with E-state index in [1.165, 1.54) is 42.1 Å². The van der Waals surface area contributed by atoms with Gasteiger partial charge in [0.2, 0.25) is 0 Å². The summed E-state index contributed by atoms with van der Waals surface area (Å²) in [6.07, 6.45) is 7.67. The summed E-state index contributed by atoms with van der Waals surface area (Å²) in [6, 6.07) is 8.49. The first-order chi connectivity index (χ1) is 9.25. The Morgan fingerprint density at radius 1 is 1.05 bits per heavy atom. The van der Waals surface area contributed by atoms with E-state index in [0.29, 0.717) is 6.04 Å². The fraction of sp³-hybridized carbons (Fsp3) is 0.562. The van der Waals surface area contributed by atoms with Crippen LogP contribution in [-0.4, -0.2) is 23.4 Å². The maximum Gasteiger partial charge on any atom is 0.254 e. The summed E-state index contributed by atoms with van der Waals surface area (Å²) in [6.45, 7) is 0.950. The Kier molecular flexibility index (Phi) is 4.10. The Hall–Kier alpha value is -0.580. The first-order valence-corrected chi connectivity index (χ1v) is 8.40. The lowest BCUT2D eigenvalue weighted by molar-refractivity contribution is 0.0390. The molecular formula is C16H20INO. The lowest BCUT2D eigenvalue weighted by Gasteiger charge is -2.44. The first-order valence-electron chi connectivity index (χ1n) is 7.32. The van der Waals surface area contributed by atoms with Crippen LogP contribution < -0.4 is 0 Å². The fourth-order valence-electron chi connectivity index (χ4n) is 3.64. The normalized spacial score (nSPS) is 26.9. The summed E-state index contributed by atoms with van der Waals surface area (Å²) in [5, 5.41) is 0. The second-order valence-corrected chi connectivity index (χ2v) is 7.01. The average Bonchev–Trinajstić information content (AvgIpc) is 2.47. The minimum absolute atomic E-state index is 0.244. The number of nitrogens with zero attached hydrogens (tertiary/aromatic N) is 1. The van der Waals surface area contributed by atoms with Crippen LogP contribution in [0.3, 0.4) is 0 Å². The first kappa shape index (κ1) is 13.4. The summed E-state index contributed by atoms with van der Waals surface area (Å²) in [5.74, 6) is 1.00. The number of hydrogen-bond donors (Lipinski definition) is 0. The number of hydrogen-bond acceptors (Lipinski definition) is 1. The van der Waals surface area contributed by atoms with E-state index in [2.05, 4.69) is 27.5 Å². The highest BCUT2D eigenvalue weighted by molar-refractivity contribution is 14.1. The fourth-order valence-corrected chi connectivity index (χ4v) is 3.99. The molecule has 0 bridgehead atoms. The van der Waals surface area contributed by atoms with Crippen molar-refractivity contribution in [3.8, 4) is 0 Å². The van der Waals surface area contributed by atoms with E-state index in [1.807, 2.05) is 24.3 Å². The molecule has 0 radical (unpaired) electrons. The molecule has 0 unspecified atom stereocenters. The van der Waals surface area contributed by atoms with Crippen LogP contribution in [0.2, 0.25) is 0 Å². The molecule has 0 N–H and O–H groups in total. The van der Waals surface area contributed by atoms with Crippen molar-refractivity contribution in [3.63, 3.8) is 0 Å². The molecule has 102 valence electrons. The number of carbonyl (C=O) groups is 1. The number of amides is 1. The number of fused-ring (bicyclic) bond motifs is 1. The van der Waals surface area contributed by atoms with Crippen LogP contribution in [0.5, 0.6) is 0 Å². The van der Waals surface area contributed by atoms with Crippen LogP contribution in [0.25, 0.3) is 0 Å². The zero-order chi connectivity index (χ0) is 13.2. The van der Waals surface area contributed by atoms with Gasteiger partial charge in [0.05, 0.1) is 0 Å². The molecule has 1 aliphatic heterocycles. The van der Waals surface area contributed by atoms with E-state index in [-0.39, 0.29) is 5.91 Å². The van der Waals surface area contributed by atoms with Gasteiger partial charge in [-0.2, -0.15) is 0 Å². The highest BCUT2D eigenvalue weighted by atomic mass is 127. The molecular weight excluding hydrogens is 349 g/mol. The van der Waals surface area contributed by atoms with E-state index >= 15 is 0 Å². The van der Waals surface area contributed by atoms with Crippen molar-refractivity contribution in [1.82, 2.24) is 4.90 Å². The minimum Gasteiger partial charge on any atom is -0.335 e. The van der Waals surface area contributed by atoms with Gasteiger partial charge < -0.3 is 4.90 Å². The minimum atomic E-state index is 0.244. The molecule has 2 fully saturated rings. The molecule has 0 spiro atoms. The molecule has 1 aliphatic carbocycles. The standard InChI is InChI=1S/C16H20INO/c17-14-9-7-13(8-10-14)16(19)18-11-3-5-12-4-1-2-6-15(12)18/h7-10,12,15H,1-6,11H2/t12-,15-/m1/s1. The Labute approximate surface area is 128 Å². The lowest BCUT2D eigenvalue weighted by Crippen LogP contribution is -2.49.